The quantitative estimate of drug-likeness (QED) is 0.689. The minimum Gasteiger partial charge on any atom is -0.389 e. The zero-order chi connectivity index (χ0) is 11.3. The Bertz CT molecular complexity index is 185. The minimum atomic E-state index is -0.722. The monoisotopic (exact) mass is 216 g/mol. The molecule has 1 heterocycles. The third-order valence-electron chi connectivity index (χ3n) is 3.08. The summed E-state index contributed by atoms with van der Waals surface area (Å²) in [6.45, 7) is 7.94. The maximum Gasteiger partial charge on any atom is 0.0753 e. The Kier molecular flexibility index (Phi) is 4.99. The predicted octanol–water partition coefficient (Wildman–Crippen LogP) is 0.197. The van der Waals surface area contributed by atoms with Crippen molar-refractivity contribution in [2.24, 2.45) is 5.73 Å². The molecule has 4 heteroatoms. The molecule has 1 aliphatic rings. The SMILES string of the molecule is CCC1CN(CCC(C)(O)CN)CCO1. The molecule has 0 radical (unpaired) electrons. The zero-order valence-electron chi connectivity index (χ0n) is 9.91. The summed E-state index contributed by atoms with van der Waals surface area (Å²) >= 11 is 0. The fraction of sp³-hybridized carbons (Fsp3) is 1.00. The third kappa shape index (κ3) is 4.47. The van der Waals surface area contributed by atoms with Crippen molar-refractivity contribution in [2.75, 3.05) is 32.8 Å². The van der Waals surface area contributed by atoms with Gasteiger partial charge in [0.15, 0.2) is 0 Å². The van der Waals surface area contributed by atoms with E-state index in [0.29, 0.717) is 12.6 Å². The Balaban J connectivity index is 2.26. The smallest absolute Gasteiger partial charge is 0.0753 e. The molecular weight excluding hydrogens is 192 g/mol. The van der Waals surface area contributed by atoms with E-state index in [4.69, 9.17) is 10.5 Å². The van der Waals surface area contributed by atoms with E-state index in [2.05, 4.69) is 11.8 Å². The zero-order valence-corrected chi connectivity index (χ0v) is 9.91. The molecule has 2 unspecified atom stereocenters. The fourth-order valence-corrected chi connectivity index (χ4v) is 1.73. The first-order valence-electron chi connectivity index (χ1n) is 5.84. The molecule has 1 saturated heterocycles. The van der Waals surface area contributed by atoms with Crippen molar-refractivity contribution in [3.63, 3.8) is 0 Å². The molecule has 0 spiro atoms. The second-order valence-corrected chi connectivity index (χ2v) is 4.65. The molecule has 0 aromatic rings. The highest BCUT2D eigenvalue weighted by atomic mass is 16.5. The van der Waals surface area contributed by atoms with Crippen molar-refractivity contribution in [3.8, 4) is 0 Å². The van der Waals surface area contributed by atoms with Crippen LogP contribution < -0.4 is 5.73 Å². The average molecular weight is 216 g/mol. The molecule has 1 rings (SSSR count). The highest BCUT2D eigenvalue weighted by molar-refractivity contribution is 4.77. The van der Waals surface area contributed by atoms with E-state index in [9.17, 15) is 5.11 Å². The van der Waals surface area contributed by atoms with Gasteiger partial charge in [0.1, 0.15) is 0 Å². The van der Waals surface area contributed by atoms with Gasteiger partial charge in [0.2, 0.25) is 0 Å². The van der Waals surface area contributed by atoms with Gasteiger partial charge < -0.3 is 15.6 Å². The summed E-state index contributed by atoms with van der Waals surface area (Å²) in [5.41, 5.74) is 4.76. The third-order valence-corrected chi connectivity index (χ3v) is 3.08. The Labute approximate surface area is 92.4 Å². The molecule has 15 heavy (non-hydrogen) atoms. The summed E-state index contributed by atoms with van der Waals surface area (Å²) in [4.78, 5) is 2.35. The van der Waals surface area contributed by atoms with Gasteiger partial charge in [-0.3, -0.25) is 4.90 Å². The molecule has 4 nitrogen and oxygen atoms in total. The van der Waals surface area contributed by atoms with Crippen LogP contribution in [-0.2, 0) is 4.74 Å². The normalized spacial score (nSPS) is 27.6. The first kappa shape index (κ1) is 12.9. The molecule has 0 amide bonds. The van der Waals surface area contributed by atoms with E-state index in [1.54, 1.807) is 6.92 Å². The van der Waals surface area contributed by atoms with Gasteiger partial charge in [-0.15, -0.1) is 0 Å². The van der Waals surface area contributed by atoms with Crippen molar-refractivity contribution >= 4 is 0 Å². The molecule has 1 aliphatic heterocycles. The van der Waals surface area contributed by atoms with E-state index in [1.165, 1.54) is 0 Å². The predicted molar refractivity (Wildman–Crippen MR) is 60.8 cm³/mol. The Morgan fingerprint density at radius 2 is 2.33 bits per heavy atom. The van der Waals surface area contributed by atoms with Crippen LogP contribution in [0, 0.1) is 0 Å². The van der Waals surface area contributed by atoms with E-state index < -0.39 is 5.60 Å². The van der Waals surface area contributed by atoms with Gasteiger partial charge in [0.25, 0.3) is 0 Å². The summed E-state index contributed by atoms with van der Waals surface area (Å²) in [6.07, 6.45) is 2.16. The lowest BCUT2D eigenvalue weighted by Gasteiger charge is -2.34. The molecule has 0 aromatic heterocycles. The van der Waals surface area contributed by atoms with Gasteiger partial charge in [-0.1, -0.05) is 6.92 Å². The number of hydrogen-bond donors (Lipinski definition) is 2. The number of rotatable bonds is 5. The van der Waals surface area contributed by atoms with Gasteiger partial charge >= 0.3 is 0 Å². The lowest BCUT2D eigenvalue weighted by molar-refractivity contribution is -0.0385. The van der Waals surface area contributed by atoms with Gasteiger partial charge in [-0.05, 0) is 19.8 Å². The van der Waals surface area contributed by atoms with E-state index in [-0.39, 0.29) is 0 Å². The minimum absolute atomic E-state index is 0.328. The maximum atomic E-state index is 9.79. The first-order valence-corrected chi connectivity index (χ1v) is 5.84. The average Bonchev–Trinajstić information content (AvgIpc) is 2.27. The number of ether oxygens (including phenoxy) is 1. The van der Waals surface area contributed by atoms with Gasteiger partial charge in [0.05, 0.1) is 18.3 Å². The van der Waals surface area contributed by atoms with Gasteiger partial charge in [-0.2, -0.15) is 0 Å². The van der Waals surface area contributed by atoms with Crippen molar-refractivity contribution in [1.29, 1.82) is 0 Å². The molecule has 90 valence electrons. The van der Waals surface area contributed by atoms with Crippen molar-refractivity contribution in [2.45, 2.75) is 38.4 Å². The van der Waals surface area contributed by atoms with Crippen LogP contribution in [0.2, 0.25) is 0 Å². The molecule has 0 aromatic carbocycles. The highest BCUT2D eigenvalue weighted by Gasteiger charge is 2.23. The van der Waals surface area contributed by atoms with Gasteiger partial charge in [-0.25, -0.2) is 0 Å². The fourth-order valence-electron chi connectivity index (χ4n) is 1.73. The molecule has 0 saturated carbocycles. The summed E-state index contributed by atoms with van der Waals surface area (Å²) in [7, 11) is 0. The first-order chi connectivity index (χ1) is 7.07. The van der Waals surface area contributed by atoms with Gasteiger partial charge in [0, 0.05) is 26.2 Å². The van der Waals surface area contributed by atoms with Crippen molar-refractivity contribution in [1.82, 2.24) is 4.90 Å². The van der Waals surface area contributed by atoms with Crippen LogP contribution in [0.15, 0.2) is 0 Å². The van der Waals surface area contributed by atoms with E-state index in [0.717, 1.165) is 39.1 Å². The number of aliphatic hydroxyl groups is 1. The standard InChI is InChI=1S/C11H24N2O2/c1-3-10-8-13(6-7-15-10)5-4-11(2,14)9-12/h10,14H,3-9,12H2,1-2H3. The van der Waals surface area contributed by atoms with Crippen LogP contribution in [0.3, 0.4) is 0 Å². The summed E-state index contributed by atoms with van der Waals surface area (Å²) in [6, 6.07) is 0. The lowest BCUT2D eigenvalue weighted by atomic mass is 10.0. The molecule has 3 N–H and O–H groups in total. The largest absolute Gasteiger partial charge is 0.389 e. The lowest BCUT2D eigenvalue weighted by Crippen LogP contribution is -2.45. The summed E-state index contributed by atoms with van der Waals surface area (Å²) in [5, 5.41) is 9.79. The number of nitrogens with zero attached hydrogens (tertiary/aromatic N) is 1. The molecule has 0 aliphatic carbocycles. The molecule has 2 atom stereocenters. The maximum absolute atomic E-state index is 9.79. The number of hydrogen-bond acceptors (Lipinski definition) is 4. The second kappa shape index (κ2) is 5.80. The Morgan fingerprint density at radius 1 is 1.60 bits per heavy atom. The van der Waals surface area contributed by atoms with Crippen molar-refractivity contribution in [3.05, 3.63) is 0 Å². The Morgan fingerprint density at radius 3 is 2.93 bits per heavy atom. The molecule has 0 bridgehead atoms. The highest BCUT2D eigenvalue weighted by Crippen LogP contribution is 2.12. The van der Waals surface area contributed by atoms with Crippen LogP contribution in [0.1, 0.15) is 26.7 Å². The molecular formula is C11H24N2O2. The van der Waals surface area contributed by atoms with Crippen LogP contribution >= 0.6 is 0 Å². The topological polar surface area (TPSA) is 58.7 Å². The van der Waals surface area contributed by atoms with Crippen LogP contribution in [0.5, 0.6) is 0 Å². The Hall–Kier alpha value is -0.160. The van der Waals surface area contributed by atoms with E-state index >= 15 is 0 Å². The van der Waals surface area contributed by atoms with Crippen molar-refractivity contribution < 1.29 is 9.84 Å². The number of morpholine rings is 1. The summed E-state index contributed by atoms with van der Waals surface area (Å²) in [5.74, 6) is 0. The van der Waals surface area contributed by atoms with Crippen LogP contribution in [0.25, 0.3) is 0 Å². The van der Waals surface area contributed by atoms with Crippen LogP contribution in [0.4, 0.5) is 0 Å². The van der Waals surface area contributed by atoms with Crippen LogP contribution in [-0.4, -0.2) is 54.5 Å². The second-order valence-electron chi connectivity index (χ2n) is 4.65. The number of nitrogens with two attached hydrogens (primary N) is 1. The summed E-state index contributed by atoms with van der Waals surface area (Å²) < 4.78 is 5.59. The molecule has 1 fully saturated rings. The van der Waals surface area contributed by atoms with E-state index in [1.807, 2.05) is 0 Å².